The highest BCUT2D eigenvalue weighted by molar-refractivity contribution is 6.31. The zero-order valence-corrected chi connectivity index (χ0v) is 12.4. The summed E-state index contributed by atoms with van der Waals surface area (Å²) in [6.07, 6.45) is 3.13. The third kappa shape index (κ3) is 3.69. The van der Waals surface area contributed by atoms with E-state index in [-0.39, 0.29) is 0 Å². The van der Waals surface area contributed by atoms with E-state index in [1.807, 2.05) is 24.3 Å². The molecular formula is C15H23ClN2O. The lowest BCUT2D eigenvalue weighted by Crippen LogP contribution is -2.52. The smallest absolute Gasteiger partial charge is 0.0942 e. The number of benzene rings is 1. The van der Waals surface area contributed by atoms with E-state index in [9.17, 15) is 5.11 Å². The van der Waals surface area contributed by atoms with Crippen LogP contribution in [0.15, 0.2) is 24.3 Å². The molecule has 0 aromatic heterocycles. The van der Waals surface area contributed by atoms with Crippen LogP contribution in [0.5, 0.6) is 0 Å². The third-order valence-corrected chi connectivity index (χ3v) is 4.27. The molecule has 0 radical (unpaired) electrons. The molecule has 3 unspecified atom stereocenters. The highest BCUT2D eigenvalue weighted by Crippen LogP contribution is 2.24. The molecular weight excluding hydrogens is 260 g/mol. The van der Waals surface area contributed by atoms with E-state index in [4.69, 9.17) is 11.6 Å². The monoisotopic (exact) mass is 282 g/mol. The second kappa shape index (κ2) is 6.71. The van der Waals surface area contributed by atoms with Gasteiger partial charge in [-0.15, -0.1) is 0 Å². The largest absolute Gasteiger partial charge is 0.387 e. The number of aliphatic hydroxyl groups is 1. The predicted octanol–water partition coefficient (Wildman–Crippen LogP) is 3.14. The van der Waals surface area contributed by atoms with Crippen molar-refractivity contribution < 1.29 is 5.11 Å². The van der Waals surface area contributed by atoms with Crippen LogP contribution in [-0.4, -0.2) is 28.7 Å². The quantitative estimate of drug-likeness (QED) is 0.891. The van der Waals surface area contributed by atoms with E-state index in [1.165, 1.54) is 19.3 Å². The van der Waals surface area contributed by atoms with E-state index in [1.54, 1.807) is 0 Å². The molecule has 1 aliphatic heterocycles. The van der Waals surface area contributed by atoms with Gasteiger partial charge >= 0.3 is 0 Å². The summed E-state index contributed by atoms with van der Waals surface area (Å²) in [5.41, 5.74) is 4.16. The van der Waals surface area contributed by atoms with Crippen LogP contribution in [-0.2, 0) is 0 Å². The summed E-state index contributed by atoms with van der Waals surface area (Å²) in [6, 6.07) is 8.49. The van der Waals surface area contributed by atoms with Crippen molar-refractivity contribution in [1.29, 1.82) is 0 Å². The Hall–Kier alpha value is -0.610. The van der Waals surface area contributed by atoms with Crippen LogP contribution in [0.25, 0.3) is 0 Å². The van der Waals surface area contributed by atoms with E-state index < -0.39 is 6.10 Å². The van der Waals surface area contributed by atoms with Gasteiger partial charge in [-0.3, -0.25) is 5.43 Å². The Morgan fingerprint density at radius 1 is 1.32 bits per heavy atom. The van der Waals surface area contributed by atoms with E-state index in [0.717, 1.165) is 5.56 Å². The van der Waals surface area contributed by atoms with Crippen LogP contribution in [0.4, 0.5) is 0 Å². The Bertz CT molecular complexity index is 403. The fraction of sp³-hybridized carbons (Fsp3) is 0.600. The number of nitrogens with zero attached hydrogens (tertiary/aromatic N) is 1. The highest BCUT2D eigenvalue weighted by atomic mass is 35.5. The second-order valence-electron chi connectivity index (χ2n) is 5.44. The average molecular weight is 283 g/mol. The molecule has 2 N–H and O–H groups in total. The zero-order valence-electron chi connectivity index (χ0n) is 11.6. The number of rotatable bonds is 4. The summed E-state index contributed by atoms with van der Waals surface area (Å²) in [6.45, 7) is 4.95. The summed E-state index contributed by atoms with van der Waals surface area (Å²) in [4.78, 5) is 0. The molecule has 0 amide bonds. The molecule has 1 saturated heterocycles. The lowest BCUT2D eigenvalue weighted by Gasteiger charge is -2.39. The summed E-state index contributed by atoms with van der Waals surface area (Å²) in [5, 5.41) is 13.1. The van der Waals surface area contributed by atoms with Gasteiger partial charge in [-0.25, -0.2) is 5.01 Å². The number of hydrogen-bond donors (Lipinski definition) is 2. The fourth-order valence-corrected chi connectivity index (χ4v) is 3.04. The van der Waals surface area contributed by atoms with Crippen molar-refractivity contribution >= 4 is 11.6 Å². The van der Waals surface area contributed by atoms with Gasteiger partial charge in [-0.05, 0) is 32.8 Å². The molecule has 106 valence electrons. The lowest BCUT2D eigenvalue weighted by molar-refractivity contribution is 0.0263. The van der Waals surface area contributed by atoms with Crippen LogP contribution in [0.3, 0.4) is 0 Å². The molecule has 19 heavy (non-hydrogen) atoms. The Labute approximate surface area is 120 Å². The molecule has 0 bridgehead atoms. The number of piperidine rings is 1. The molecule has 1 aliphatic rings. The maximum Gasteiger partial charge on any atom is 0.0942 e. The SMILES string of the molecule is CC1CCCC(C)N1NCC(O)c1ccccc1Cl. The van der Waals surface area contributed by atoms with E-state index >= 15 is 0 Å². The topological polar surface area (TPSA) is 35.5 Å². The van der Waals surface area contributed by atoms with Crippen LogP contribution >= 0.6 is 11.6 Å². The Kier molecular flexibility index (Phi) is 5.22. The van der Waals surface area contributed by atoms with Gasteiger partial charge in [0.05, 0.1) is 6.10 Å². The van der Waals surface area contributed by atoms with Gasteiger partial charge in [0.1, 0.15) is 0 Å². The minimum Gasteiger partial charge on any atom is -0.387 e. The molecule has 1 aromatic rings. The molecule has 0 saturated carbocycles. The number of hydrazine groups is 1. The minimum absolute atomic E-state index is 0.498. The number of hydrogen-bond acceptors (Lipinski definition) is 3. The van der Waals surface area contributed by atoms with Crippen molar-refractivity contribution in [2.45, 2.75) is 51.3 Å². The van der Waals surface area contributed by atoms with Crippen molar-refractivity contribution in [2.24, 2.45) is 0 Å². The van der Waals surface area contributed by atoms with Gasteiger partial charge in [-0.2, -0.15) is 0 Å². The van der Waals surface area contributed by atoms with Crippen molar-refractivity contribution in [2.75, 3.05) is 6.54 Å². The molecule has 1 fully saturated rings. The molecule has 2 rings (SSSR count). The highest BCUT2D eigenvalue weighted by Gasteiger charge is 2.25. The summed E-state index contributed by atoms with van der Waals surface area (Å²) in [7, 11) is 0. The first-order valence-corrected chi connectivity index (χ1v) is 7.41. The van der Waals surface area contributed by atoms with Gasteiger partial charge in [0.25, 0.3) is 0 Å². The van der Waals surface area contributed by atoms with Crippen molar-refractivity contribution in [3.63, 3.8) is 0 Å². The standard InChI is InChI=1S/C15H23ClN2O/c1-11-6-5-7-12(2)18(11)17-10-15(19)13-8-3-4-9-14(13)16/h3-4,8-9,11-12,15,17,19H,5-7,10H2,1-2H3. The van der Waals surface area contributed by atoms with Crippen molar-refractivity contribution in [1.82, 2.24) is 10.4 Å². The number of nitrogens with one attached hydrogen (secondary N) is 1. The molecule has 3 nitrogen and oxygen atoms in total. The maximum absolute atomic E-state index is 10.2. The van der Waals surface area contributed by atoms with Gasteiger partial charge in [-0.1, -0.05) is 36.2 Å². The maximum atomic E-state index is 10.2. The second-order valence-corrected chi connectivity index (χ2v) is 5.84. The van der Waals surface area contributed by atoms with Gasteiger partial charge < -0.3 is 5.11 Å². The predicted molar refractivity (Wildman–Crippen MR) is 79.0 cm³/mol. The molecule has 0 aliphatic carbocycles. The van der Waals surface area contributed by atoms with Crippen molar-refractivity contribution in [3.8, 4) is 0 Å². The van der Waals surface area contributed by atoms with Crippen molar-refractivity contribution in [3.05, 3.63) is 34.9 Å². The first-order valence-electron chi connectivity index (χ1n) is 7.04. The third-order valence-electron chi connectivity index (χ3n) is 3.92. The Morgan fingerprint density at radius 3 is 2.58 bits per heavy atom. The molecule has 4 heteroatoms. The first-order chi connectivity index (χ1) is 9.09. The normalized spacial score (nSPS) is 26.3. The first kappa shape index (κ1) is 14.8. The van der Waals surface area contributed by atoms with Gasteiger partial charge in [0.15, 0.2) is 0 Å². The number of halogens is 1. The van der Waals surface area contributed by atoms with Crippen LogP contribution < -0.4 is 5.43 Å². The zero-order chi connectivity index (χ0) is 13.8. The lowest BCUT2D eigenvalue weighted by atomic mass is 10.00. The summed E-state index contributed by atoms with van der Waals surface area (Å²) >= 11 is 6.10. The van der Waals surface area contributed by atoms with Crippen LogP contribution in [0, 0.1) is 0 Å². The van der Waals surface area contributed by atoms with Crippen LogP contribution in [0.1, 0.15) is 44.8 Å². The number of aliphatic hydroxyl groups excluding tert-OH is 1. The van der Waals surface area contributed by atoms with Gasteiger partial charge in [0, 0.05) is 29.2 Å². The minimum atomic E-state index is -0.574. The van der Waals surface area contributed by atoms with E-state index in [0.29, 0.717) is 23.7 Å². The van der Waals surface area contributed by atoms with Crippen LogP contribution in [0.2, 0.25) is 5.02 Å². The Balaban J connectivity index is 1.93. The summed E-state index contributed by atoms with van der Waals surface area (Å²) < 4.78 is 0. The average Bonchev–Trinajstić information content (AvgIpc) is 2.38. The molecule has 3 atom stereocenters. The molecule has 1 heterocycles. The summed E-state index contributed by atoms with van der Waals surface area (Å²) in [5.74, 6) is 0. The molecule has 1 aromatic carbocycles. The van der Waals surface area contributed by atoms with Gasteiger partial charge in [0.2, 0.25) is 0 Å². The Morgan fingerprint density at radius 2 is 1.95 bits per heavy atom. The molecule has 0 spiro atoms. The fourth-order valence-electron chi connectivity index (χ4n) is 2.78. The van der Waals surface area contributed by atoms with E-state index in [2.05, 4.69) is 24.3 Å².